The van der Waals surface area contributed by atoms with E-state index in [0.717, 1.165) is 36.8 Å². The summed E-state index contributed by atoms with van der Waals surface area (Å²) in [6, 6.07) is 5.89. The number of likely N-dealkylation sites (tertiary alicyclic amines) is 1. The lowest BCUT2D eigenvalue weighted by molar-refractivity contribution is 0.0608. The summed E-state index contributed by atoms with van der Waals surface area (Å²) in [4.78, 5) is 14.6. The van der Waals surface area contributed by atoms with E-state index < -0.39 is 0 Å². The molecule has 1 aromatic carbocycles. The minimum atomic E-state index is 0.122. The number of piperidine rings is 1. The van der Waals surface area contributed by atoms with Crippen molar-refractivity contribution in [1.82, 2.24) is 20.3 Å². The van der Waals surface area contributed by atoms with E-state index in [2.05, 4.69) is 22.3 Å². The van der Waals surface area contributed by atoms with Crippen LogP contribution in [0.2, 0.25) is 0 Å². The molecule has 5 nitrogen and oxygen atoms in total. The number of fused-ring (bicyclic) bond motifs is 1. The van der Waals surface area contributed by atoms with E-state index in [1.165, 1.54) is 6.42 Å². The van der Waals surface area contributed by atoms with E-state index in [-0.39, 0.29) is 5.91 Å². The second-order valence-electron chi connectivity index (χ2n) is 5.08. The molecule has 0 radical (unpaired) electrons. The molecule has 1 N–H and O–H groups in total. The molecule has 19 heavy (non-hydrogen) atoms. The van der Waals surface area contributed by atoms with Crippen molar-refractivity contribution in [2.75, 3.05) is 6.54 Å². The normalized spacial score (nSPS) is 19.8. The molecule has 0 saturated carbocycles. The Morgan fingerprint density at radius 3 is 3.05 bits per heavy atom. The first-order valence-corrected chi connectivity index (χ1v) is 6.91. The van der Waals surface area contributed by atoms with E-state index in [4.69, 9.17) is 0 Å². The lowest BCUT2D eigenvalue weighted by atomic mass is 9.99. The van der Waals surface area contributed by atoms with Gasteiger partial charge in [0.25, 0.3) is 5.91 Å². The third-order valence-corrected chi connectivity index (χ3v) is 3.92. The number of benzene rings is 1. The number of carbonyl (C=O) groups is 1. The maximum atomic E-state index is 12.6. The molecule has 0 aliphatic carbocycles. The van der Waals surface area contributed by atoms with Crippen LogP contribution < -0.4 is 0 Å². The maximum absolute atomic E-state index is 12.6. The van der Waals surface area contributed by atoms with Gasteiger partial charge in [-0.15, -0.1) is 0 Å². The Balaban J connectivity index is 1.89. The zero-order valence-corrected chi connectivity index (χ0v) is 11.1. The van der Waals surface area contributed by atoms with E-state index in [1.54, 1.807) is 0 Å². The number of carbonyl (C=O) groups excluding carboxylic acids is 1. The molecule has 1 fully saturated rings. The standard InChI is InChI=1S/C14H18N4O/c1-2-11-5-3-4-8-18(11)14(19)10-6-7-12-13(9-10)16-17-15-12/h6-7,9,11H,2-5,8H2,1H3,(H,15,16,17)/t11-/m1/s1. The first-order chi connectivity index (χ1) is 9.29. The van der Waals surface area contributed by atoms with Crippen LogP contribution in [0.1, 0.15) is 43.0 Å². The van der Waals surface area contributed by atoms with Gasteiger partial charge in [0.2, 0.25) is 0 Å². The average Bonchev–Trinajstić information content (AvgIpc) is 2.93. The smallest absolute Gasteiger partial charge is 0.254 e. The first-order valence-electron chi connectivity index (χ1n) is 6.91. The summed E-state index contributed by atoms with van der Waals surface area (Å²) < 4.78 is 0. The zero-order chi connectivity index (χ0) is 13.2. The molecule has 1 amide bonds. The number of hydrogen-bond donors (Lipinski definition) is 1. The minimum Gasteiger partial charge on any atom is -0.336 e. The number of amides is 1. The molecule has 1 atom stereocenters. The van der Waals surface area contributed by atoms with Gasteiger partial charge in [0.1, 0.15) is 11.0 Å². The van der Waals surface area contributed by atoms with Crippen LogP contribution >= 0.6 is 0 Å². The molecule has 100 valence electrons. The summed E-state index contributed by atoms with van der Waals surface area (Å²) in [6.45, 7) is 3.02. The quantitative estimate of drug-likeness (QED) is 0.899. The monoisotopic (exact) mass is 258 g/mol. The number of nitrogens with one attached hydrogen (secondary N) is 1. The maximum Gasteiger partial charge on any atom is 0.254 e. The molecule has 3 rings (SSSR count). The van der Waals surface area contributed by atoms with Gasteiger partial charge in [0.15, 0.2) is 0 Å². The highest BCUT2D eigenvalue weighted by Crippen LogP contribution is 2.22. The predicted octanol–water partition coefficient (Wildman–Crippen LogP) is 2.36. The van der Waals surface area contributed by atoms with Crippen LogP contribution in [-0.2, 0) is 0 Å². The van der Waals surface area contributed by atoms with Gasteiger partial charge in [0.05, 0.1) is 0 Å². The molecule has 1 aliphatic heterocycles. The van der Waals surface area contributed by atoms with Crippen LogP contribution in [-0.4, -0.2) is 38.8 Å². The summed E-state index contributed by atoms with van der Waals surface area (Å²) >= 11 is 0. The zero-order valence-electron chi connectivity index (χ0n) is 11.1. The van der Waals surface area contributed by atoms with Crippen molar-refractivity contribution in [3.05, 3.63) is 23.8 Å². The van der Waals surface area contributed by atoms with E-state index in [0.29, 0.717) is 11.6 Å². The molecule has 2 heterocycles. The van der Waals surface area contributed by atoms with Gasteiger partial charge >= 0.3 is 0 Å². The van der Waals surface area contributed by atoms with Gasteiger partial charge in [-0.3, -0.25) is 4.79 Å². The highest BCUT2D eigenvalue weighted by atomic mass is 16.2. The van der Waals surface area contributed by atoms with E-state index in [1.807, 2.05) is 23.1 Å². The van der Waals surface area contributed by atoms with Crippen molar-refractivity contribution in [1.29, 1.82) is 0 Å². The molecule has 0 bridgehead atoms. The van der Waals surface area contributed by atoms with E-state index >= 15 is 0 Å². The summed E-state index contributed by atoms with van der Waals surface area (Å²) in [6.07, 6.45) is 4.48. The molecular weight excluding hydrogens is 240 g/mol. The Kier molecular flexibility index (Phi) is 3.19. The number of hydrogen-bond acceptors (Lipinski definition) is 3. The summed E-state index contributed by atoms with van der Waals surface area (Å²) in [5.74, 6) is 0.122. The highest BCUT2D eigenvalue weighted by Gasteiger charge is 2.26. The van der Waals surface area contributed by atoms with Gasteiger partial charge in [-0.05, 0) is 43.9 Å². The van der Waals surface area contributed by atoms with Gasteiger partial charge in [0, 0.05) is 18.2 Å². The van der Waals surface area contributed by atoms with Crippen molar-refractivity contribution >= 4 is 16.9 Å². The van der Waals surface area contributed by atoms with Crippen LogP contribution in [0, 0.1) is 0 Å². The lowest BCUT2D eigenvalue weighted by Crippen LogP contribution is -2.43. The SMILES string of the molecule is CC[C@@H]1CCCCN1C(=O)c1ccc2n[nH]nc2c1. The summed E-state index contributed by atoms with van der Waals surface area (Å²) in [5, 5.41) is 10.6. The molecule has 2 aromatic rings. The van der Waals surface area contributed by atoms with Crippen LogP contribution in [0.4, 0.5) is 0 Å². The van der Waals surface area contributed by atoms with Crippen LogP contribution in [0.3, 0.4) is 0 Å². The third-order valence-electron chi connectivity index (χ3n) is 3.92. The number of H-pyrrole nitrogens is 1. The minimum absolute atomic E-state index is 0.122. The van der Waals surface area contributed by atoms with Crippen LogP contribution in [0.25, 0.3) is 11.0 Å². The molecular formula is C14H18N4O. The topological polar surface area (TPSA) is 61.9 Å². The largest absolute Gasteiger partial charge is 0.336 e. The number of aromatic amines is 1. The van der Waals surface area contributed by atoms with Gasteiger partial charge in [-0.25, -0.2) is 0 Å². The van der Waals surface area contributed by atoms with E-state index in [9.17, 15) is 4.79 Å². The molecule has 0 unspecified atom stereocenters. The van der Waals surface area contributed by atoms with Crippen LogP contribution in [0.5, 0.6) is 0 Å². The first kappa shape index (κ1) is 12.1. The fourth-order valence-electron chi connectivity index (χ4n) is 2.83. The van der Waals surface area contributed by atoms with Crippen LogP contribution in [0.15, 0.2) is 18.2 Å². The van der Waals surface area contributed by atoms with Gasteiger partial charge < -0.3 is 4.90 Å². The molecule has 0 spiro atoms. The summed E-state index contributed by atoms with van der Waals surface area (Å²) in [5.41, 5.74) is 2.25. The number of aromatic nitrogens is 3. The Bertz CT molecular complexity index is 592. The second kappa shape index (κ2) is 4.99. The van der Waals surface area contributed by atoms with Crippen molar-refractivity contribution in [3.8, 4) is 0 Å². The fourth-order valence-corrected chi connectivity index (χ4v) is 2.83. The third kappa shape index (κ3) is 2.20. The average molecular weight is 258 g/mol. The van der Waals surface area contributed by atoms with Crippen molar-refractivity contribution in [2.24, 2.45) is 0 Å². The fraction of sp³-hybridized carbons (Fsp3) is 0.500. The highest BCUT2D eigenvalue weighted by molar-refractivity contribution is 5.97. The Hall–Kier alpha value is -1.91. The Labute approximate surface area is 112 Å². The predicted molar refractivity (Wildman–Crippen MR) is 72.9 cm³/mol. The number of rotatable bonds is 2. The van der Waals surface area contributed by atoms with Gasteiger partial charge in [-0.2, -0.15) is 15.4 Å². The molecule has 1 aliphatic rings. The number of nitrogens with zero attached hydrogens (tertiary/aromatic N) is 3. The second-order valence-corrected chi connectivity index (χ2v) is 5.08. The Morgan fingerprint density at radius 2 is 2.21 bits per heavy atom. The Morgan fingerprint density at radius 1 is 1.37 bits per heavy atom. The van der Waals surface area contributed by atoms with Crippen molar-refractivity contribution < 1.29 is 4.79 Å². The van der Waals surface area contributed by atoms with Gasteiger partial charge in [-0.1, -0.05) is 6.92 Å². The molecule has 5 heteroatoms. The van der Waals surface area contributed by atoms with Crippen molar-refractivity contribution in [3.63, 3.8) is 0 Å². The molecule has 1 saturated heterocycles. The summed E-state index contributed by atoms with van der Waals surface area (Å²) in [7, 11) is 0. The molecule has 1 aromatic heterocycles. The lowest BCUT2D eigenvalue weighted by Gasteiger charge is -2.35. The van der Waals surface area contributed by atoms with Crippen molar-refractivity contribution in [2.45, 2.75) is 38.6 Å².